The van der Waals surface area contributed by atoms with E-state index in [0.717, 1.165) is 17.8 Å². The van der Waals surface area contributed by atoms with Gasteiger partial charge in [0, 0.05) is 24.8 Å². The third-order valence-corrected chi connectivity index (χ3v) is 4.51. The van der Waals surface area contributed by atoms with Gasteiger partial charge in [0.05, 0.1) is 29.3 Å². The quantitative estimate of drug-likeness (QED) is 0.380. The smallest absolute Gasteiger partial charge is 0.315 e. The summed E-state index contributed by atoms with van der Waals surface area (Å²) >= 11 is 0. The van der Waals surface area contributed by atoms with Crippen LogP contribution in [0.1, 0.15) is 5.69 Å². The number of aryl methyl sites for hydroxylation is 1. The van der Waals surface area contributed by atoms with Crippen LogP contribution in [0.25, 0.3) is 22.8 Å². The van der Waals surface area contributed by atoms with Crippen molar-refractivity contribution in [3.63, 3.8) is 0 Å². The Morgan fingerprint density at radius 2 is 1.93 bits per heavy atom. The van der Waals surface area contributed by atoms with Gasteiger partial charge in [-0.3, -0.25) is 10.1 Å². The van der Waals surface area contributed by atoms with Gasteiger partial charge in [-0.05, 0) is 25.1 Å². The van der Waals surface area contributed by atoms with Gasteiger partial charge in [-0.2, -0.15) is 4.98 Å². The lowest BCUT2D eigenvalue weighted by atomic mass is 10.1. The normalized spacial score (nSPS) is 14.2. The highest BCUT2D eigenvalue weighted by Crippen LogP contribution is 2.39. The number of morpholine rings is 1. The van der Waals surface area contributed by atoms with E-state index in [1.807, 2.05) is 19.1 Å². The number of rotatable bonds is 4. The molecule has 1 fully saturated rings. The molecule has 11 heteroatoms. The van der Waals surface area contributed by atoms with E-state index in [2.05, 4.69) is 20.0 Å². The number of pyridine rings is 1. The van der Waals surface area contributed by atoms with Gasteiger partial charge in [-0.25, -0.2) is 4.98 Å². The van der Waals surface area contributed by atoms with E-state index in [1.165, 1.54) is 0 Å². The Labute approximate surface area is 164 Å². The molecule has 11 nitrogen and oxygen atoms in total. The first kappa shape index (κ1) is 18.6. The second-order valence-corrected chi connectivity index (χ2v) is 6.47. The Morgan fingerprint density at radius 3 is 2.66 bits per heavy atom. The highest BCUT2D eigenvalue weighted by atomic mass is 16.6. The summed E-state index contributed by atoms with van der Waals surface area (Å²) in [5.74, 6) is -0.563. The maximum atomic E-state index is 11.1. The predicted molar refractivity (Wildman–Crippen MR) is 101 cm³/mol. The molecule has 0 saturated carbocycles. The van der Waals surface area contributed by atoms with Crippen molar-refractivity contribution >= 4 is 11.5 Å². The second-order valence-electron chi connectivity index (χ2n) is 6.47. The first-order valence-electron chi connectivity index (χ1n) is 8.79. The van der Waals surface area contributed by atoms with Crippen LogP contribution in [0.3, 0.4) is 0 Å². The minimum Gasteiger partial charge on any atom is -0.504 e. The Bertz CT molecular complexity index is 1080. The summed E-state index contributed by atoms with van der Waals surface area (Å²) in [6, 6.07) is 5.84. The van der Waals surface area contributed by atoms with Crippen molar-refractivity contribution in [3.05, 3.63) is 40.1 Å². The molecule has 4 rings (SSSR count). The molecule has 1 aromatic carbocycles. The zero-order chi connectivity index (χ0) is 20.5. The molecule has 2 aromatic heterocycles. The molecular formula is C18H17N5O6. The highest BCUT2D eigenvalue weighted by Gasteiger charge is 2.24. The molecule has 1 aliphatic rings. The van der Waals surface area contributed by atoms with Crippen molar-refractivity contribution in [1.29, 1.82) is 0 Å². The number of hydrogen-bond donors (Lipinski definition) is 2. The van der Waals surface area contributed by atoms with Gasteiger partial charge in [0.15, 0.2) is 5.75 Å². The molecule has 0 amide bonds. The summed E-state index contributed by atoms with van der Waals surface area (Å²) < 4.78 is 10.7. The van der Waals surface area contributed by atoms with Gasteiger partial charge < -0.3 is 24.4 Å². The fraction of sp³-hybridized carbons (Fsp3) is 0.278. The molecule has 0 spiro atoms. The van der Waals surface area contributed by atoms with E-state index in [9.17, 15) is 20.3 Å². The van der Waals surface area contributed by atoms with Crippen LogP contribution in [-0.2, 0) is 4.74 Å². The van der Waals surface area contributed by atoms with Gasteiger partial charge in [0.2, 0.25) is 11.6 Å². The summed E-state index contributed by atoms with van der Waals surface area (Å²) in [5, 5.41) is 34.5. The molecule has 0 bridgehead atoms. The summed E-state index contributed by atoms with van der Waals surface area (Å²) in [7, 11) is 0. The molecule has 0 aliphatic carbocycles. The third-order valence-electron chi connectivity index (χ3n) is 4.51. The van der Waals surface area contributed by atoms with Crippen LogP contribution in [0.4, 0.5) is 11.5 Å². The number of phenolic OH excluding ortho intramolecular Hbond substituents is 2. The standard InChI is InChI=1S/C18H17N5O6/c1-10-2-3-12(17(19-10)22-4-6-28-7-5-22)16-20-18(29-21-16)11-8-13(23(26)27)15(25)14(24)9-11/h2-3,8-9,24-25H,4-7H2,1H3. The topological polar surface area (TPSA) is 148 Å². The number of nitro groups is 1. The SMILES string of the molecule is Cc1ccc(-c2noc(-c3cc(O)c(O)c([N+](=O)[O-])c3)n2)c(N2CCOCC2)n1. The zero-order valence-electron chi connectivity index (χ0n) is 15.4. The number of hydrogen-bond acceptors (Lipinski definition) is 10. The lowest BCUT2D eigenvalue weighted by Gasteiger charge is -2.29. The molecule has 0 radical (unpaired) electrons. The lowest BCUT2D eigenvalue weighted by Crippen LogP contribution is -2.37. The molecule has 3 aromatic rings. The van der Waals surface area contributed by atoms with Crippen molar-refractivity contribution in [3.8, 4) is 34.3 Å². The van der Waals surface area contributed by atoms with Crippen molar-refractivity contribution in [2.45, 2.75) is 6.92 Å². The van der Waals surface area contributed by atoms with Crippen molar-refractivity contribution in [2.24, 2.45) is 0 Å². The summed E-state index contributed by atoms with van der Waals surface area (Å²) in [4.78, 5) is 21.3. The van der Waals surface area contributed by atoms with Crippen LogP contribution >= 0.6 is 0 Å². The maximum absolute atomic E-state index is 11.1. The predicted octanol–water partition coefficient (Wildman–Crippen LogP) is 2.26. The number of aromatic hydroxyl groups is 2. The van der Waals surface area contributed by atoms with Crippen LogP contribution in [0.15, 0.2) is 28.8 Å². The van der Waals surface area contributed by atoms with Gasteiger partial charge >= 0.3 is 5.69 Å². The molecule has 3 heterocycles. The Morgan fingerprint density at radius 1 is 1.17 bits per heavy atom. The average molecular weight is 399 g/mol. The van der Waals surface area contributed by atoms with Gasteiger partial charge in [-0.15, -0.1) is 0 Å². The number of anilines is 1. The monoisotopic (exact) mass is 399 g/mol. The molecule has 150 valence electrons. The van der Waals surface area contributed by atoms with E-state index in [1.54, 1.807) is 0 Å². The summed E-state index contributed by atoms with van der Waals surface area (Å²) in [6.07, 6.45) is 0. The zero-order valence-corrected chi connectivity index (χ0v) is 15.4. The van der Waals surface area contributed by atoms with Crippen LogP contribution in [0.2, 0.25) is 0 Å². The minimum absolute atomic E-state index is 0.0353. The number of aromatic nitrogens is 3. The Hall–Kier alpha value is -3.73. The Kier molecular flexibility index (Phi) is 4.72. The third kappa shape index (κ3) is 3.55. The Balaban J connectivity index is 1.75. The first-order valence-corrected chi connectivity index (χ1v) is 8.79. The highest BCUT2D eigenvalue weighted by molar-refractivity contribution is 5.73. The number of ether oxygens (including phenoxy) is 1. The van der Waals surface area contributed by atoms with Gasteiger partial charge in [0.25, 0.3) is 5.89 Å². The fourth-order valence-electron chi connectivity index (χ4n) is 3.05. The fourth-order valence-corrected chi connectivity index (χ4v) is 3.05. The molecule has 0 unspecified atom stereocenters. The minimum atomic E-state index is -0.823. The van der Waals surface area contributed by atoms with Crippen molar-refractivity contribution in [1.82, 2.24) is 15.1 Å². The molecule has 0 atom stereocenters. The molecule has 1 saturated heterocycles. The van der Waals surface area contributed by atoms with Crippen LogP contribution in [0.5, 0.6) is 11.5 Å². The number of phenols is 2. The van der Waals surface area contributed by atoms with E-state index >= 15 is 0 Å². The van der Waals surface area contributed by atoms with Crippen LogP contribution in [-0.4, -0.2) is 56.6 Å². The van der Waals surface area contributed by atoms with E-state index in [-0.39, 0.29) is 17.3 Å². The van der Waals surface area contributed by atoms with Crippen LogP contribution in [0, 0.1) is 17.0 Å². The van der Waals surface area contributed by atoms with E-state index in [0.29, 0.717) is 37.7 Å². The van der Waals surface area contributed by atoms with Gasteiger partial charge in [0.1, 0.15) is 5.82 Å². The number of benzene rings is 1. The number of nitro benzene ring substituents is 1. The van der Waals surface area contributed by atoms with Gasteiger partial charge in [-0.1, -0.05) is 5.16 Å². The van der Waals surface area contributed by atoms with E-state index in [4.69, 9.17) is 9.26 Å². The first-order chi connectivity index (χ1) is 13.9. The summed E-state index contributed by atoms with van der Waals surface area (Å²) in [6.45, 7) is 4.40. The average Bonchev–Trinajstić information content (AvgIpc) is 3.20. The van der Waals surface area contributed by atoms with Crippen LogP contribution < -0.4 is 4.90 Å². The molecule has 2 N–H and O–H groups in total. The second kappa shape index (κ2) is 7.36. The van der Waals surface area contributed by atoms with E-state index < -0.39 is 22.1 Å². The van der Waals surface area contributed by atoms with Crippen molar-refractivity contribution < 1.29 is 24.4 Å². The number of nitrogens with zero attached hydrogens (tertiary/aromatic N) is 5. The maximum Gasteiger partial charge on any atom is 0.315 e. The molecule has 1 aliphatic heterocycles. The van der Waals surface area contributed by atoms with Crippen molar-refractivity contribution in [2.75, 3.05) is 31.2 Å². The summed E-state index contributed by atoms with van der Waals surface area (Å²) in [5.41, 5.74) is 0.924. The molecular weight excluding hydrogens is 382 g/mol. The largest absolute Gasteiger partial charge is 0.504 e. The molecule has 29 heavy (non-hydrogen) atoms. The lowest BCUT2D eigenvalue weighted by molar-refractivity contribution is -0.385.